The molecule has 1 fully saturated rings. The van der Waals surface area contributed by atoms with Gasteiger partial charge in [-0.1, -0.05) is 86.6 Å². The predicted octanol–water partition coefficient (Wildman–Crippen LogP) is 6.49. The van der Waals surface area contributed by atoms with E-state index in [1.807, 2.05) is 55.1 Å². The second-order valence-electron chi connectivity index (χ2n) is 12.7. The summed E-state index contributed by atoms with van der Waals surface area (Å²) in [6.45, 7) is 14.2. The SMILES string of the molecule is Cc1noc(C)c1C(=O)c1cc(CO[Si](c2ccccc2)(c2ccccc2)C(C)(C)C)c(N2C[C@@H](C)O[C@@H](C)C2)c(F)c1F. The van der Waals surface area contributed by atoms with Crippen LogP contribution in [0.4, 0.5) is 14.5 Å². The van der Waals surface area contributed by atoms with Gasteiger partial charge in [-0.3, -0.25) is 4.79 Å². The van der Waals surface area contributed by atoms with E-state index >= 15 is 8.78 Å². The maximum absolute atomic E-state index is 16.4. The molecule has 4 aromatic rings. The van der Waals surface area contributed by atoms with Crippen LogP contribution in [-0.2, 0) is 15.8 Å². The summed E-state index contributed by atoms with van der Waals surface area (Å²) in [5.41, 5.74) is 0.558. The van der Waals surface area contributed by atoms with Crippen LogP contribution in [0.3, 0.4) is 0 Å². The average molecular weight is 619 g/mol. The number of carbonyl (C=O) groups excluding carboxylic acids is 1. The van der Waals surface area contributed by atoms with Crippen LogP contribution >= 0.6 is 0 Å². The van der Waals surface area contributed by atoms with Crippen LogP contribution in [0.2, 0.25) is 5.04 Å². The lowest BCUT2D eigenvalue weighted by Crippen LogP contribution is -2.66. The number of halogens is 2. The first-order valence-electron chi connectivity index (χ1n) is 15.0. The number of hydrogen-bond donors (Lipinski definition) is 0. The largest absolute Gasteiger partial charge is 0.403 e. The van der Waals surface area contributed by atoms with Crippen molar-refractivity contribution in [3.05, 3.63) is 107 Å². The van der Waals surface area contributed by atoms with Gasteiger partial charge in [0.15, 0.2) is 11.6 Å². The van der Waals surface area contributed by atoms with Gasteiger partial charge in [0.25, 0.3) is 8.32 Å². The van der Waals surface area contributed by atoms with Crippen LogP contribution in [0, 0.1) is 25.5 Å². The highest BCUT2D eigenvalue weighted by molar-refractivity contribution is 6.99. The second-order valence-corrected chi connectivity index (χ2v) is 17.0. The summed E-state index contributed by atoms with van der Waals surface area (Å²) < 4.78 is 50.6. The number of anilines is 1. The molecule has 1 aliphatic rings. The van der Waals surface area contributed by atoms with Crippen molar-refractivity contribution < 1.29 is 27.3 Å². The molecule has 2 atom stereocenters. The van der Waals surface area contributed by atoms with E-state index in [9.17, 15) is 4.79 Å². The number of ketones is 1. The fraction of sp³-hybridized carbons (Fsp3) is 0.371. The topological polar surface area (TPSA) is 64.8 Å². The molecular weight excluding hydrogens is 578 g/mol. The quantitative estimate of drug-likeness (QED) is 0.166. The maximum atomic E-state index is 16.4. The van der Waals surface area contributed by atoms with Crippen molar-refractivity contribution in [2.75, 3.05) is 18.0 Å². The summed E-state index contributed by atoms with van der Waals surface area (Å²) in [6.07, 6.45) is -0.398. The number of morpholine rings is 1. The first-order chi connectivity index (χ1) is 20.8. The first kappa shape index (κ1) is 31.8. The van der Waals surface area contributed by atoms with Gasteiger partial charge in [-0.25, -0.2) is 8.78 Å². The Morgan fingerprint density at radius 2 is 1.50 bits per heavy atom. The van der Waals surface area contributed by atoms with E-state index in [2.05, 4.69) is 50.2 Å². The molecule has 0 unspecified atom stereocenters. The Hall–Kier alpha value is -3.66. The molecular formula is C35H40F2N2O4Si. The van der Waals surface area contributed by atoms with E-state index in [1.54, 1.807) is 13.8 Å². The minimum atomic E-state index is -3.05. The monoisotopic (exact) mass is 618 g/mol. The molecule has 1 saturated heterocycles. The van der Waals surface area contributed by atoms with E-state index in [-0.39, 0.29) is 46.4 Å². The summed E-state index contributed by atoms with van der Waals surface area (Å²) in [5, 5.41) is 5.63. The zero-order valence-corrected chi connectivity index (χ0v) is 27.4. The molecule has 0 bridgehead atoms. The number of ether oxygens (including phenoxy) is 1. The van der Waals surface area contributed by atoms with E-state index in [1.165, 1.54) is 6.07 Å². The molecule has 0 aliphatic carbocycles. The zero-order chi connectivity index (χ0) is 31.8. The van der Waals surface area contributed by atoms with Crippen LogP contribution in [0.1, 0.15) is 67.6 Å². The maximum Gasteiger partial charge on any atom is 0.261 e. The highest BCUT2D eigenvalue weighted by Gasteiger charge is 2.50. The zero-order valence-electron chi connectivity index (χ0n) is 26.4. The van der Waals surface area contributed by atoms with Gasteiger partial charge in [0.1, 0.15) is 5.76 Å². The van der Waals surface area contributed by atoms with Gasteiger partial charge >= 0.3 is 0 Å². The van der Waals surface area contributed by atoms with Crippen molar-refractivity contribution in [3.63, 3.8) is 0 Å². The molecule has 2 heterocycles. The molecule has 0 amide bonds. The van der Waals surface area contributed by atoms with Crippen molar-refractivity contribution in [2.24, 2.45) is 0 Å². The van der Waals surface area contributed by atoms with Gasteiger partial charge < -0.3 is 18.6 Å². The average Bonchev–Trinajstić information content (AvgIpc) is 3.32. The van der Waals surface area contributed by atoms with Crippen LogP contribution in [0.15, 0.2) is 71.3 Å². The van der Waals surface area contributed by atoms with Crippen LogP contribution in [0.5, 0.6) is 0 Å². The van der Waals surface area contributed by atoms with Gasteiger partial charge in [-0.05, 0) is 49.2 Å². The summed E-state index contributed by atoms with van der Waals surface area (Å²) in [6, 6.07) is 21.7. The standard InChI is InChI=1S/C35H40F2N2O4Si/c1-22-19-39(20-23(2)42-22)33-26(18-29(31(36)32(33)37)34(40)30-24(3)38-43-25(30)4)21-41-44(35(5,6)7,27-14-10-8-11-15-27)28-16-12-9-13-17-28/h8-18,22-23H,19-21H2,1-7H3/t22-,23+. The predicted molar refractivity (Wildman–Crippen MR) is 170 cm³/mol. The molecule has 1 aromatic heterocycles. The van der Waals surface area contributed by atoms with Crippen LogP contribution < -0.4 is 15.3 Å². The van der Waals surface area contributed by atoms with Crippen molar-refractivity contribution in [3.8, 4) is 0 Å². The minimum Gasteiger partial charge on any atom is -0.403 e. The first-order valence-corrected chi connectivity index (χ1v) is 16.9. The van der Waals surface area contributed by atoms with Crippen molar-refractivity contribution in [2.45, 2.75) is 72.3 Å². The Balaban J connectivity index is 1.70. The van der Waals surface area contributed by atoms with E-state index in [0.29, 0.717) is 24.3 Å². The lowest BCUT2D eigenvalue weighted by Gasteiger charge is -2.43. The molecule has 0 radical (unpaired) electrons. The van der Waals surface area contributed by atoms with Crippen LogP contribution in [0.25, 0.3) is 0 Å². The Labute approximate surface area is 259 Å². The Kier molecular flexibility index (Phi) is 8.93. The normalized spacial score (nSPS) is 17.6. The number of benzene rings is 3. The minimum absolute atomic E-state index is 0.0399. The van der Waals surface area contributed by atoms with Crippen LogP contribution in [-0.4, -0.2) is 44.6 Å². The van der Waals surface area contributed by atoms with Gasteiger partial charge in [-0.2, -0.15) is 0 Å². The lowest BCUT2D eigenvalue weighted by atomic mass is 9.97. The van der Waals surface area contributed by atoms with Gasteiger partial charge in [-0.15, -0.1) is 0 Å². The van der Waals surface area contributed by atoms with Crippen molar-refractivity contribution in [1.29, 1.82) is 0 Å². The molecule has 0 saturated carbocycles. The van der Waals surface area contributed by atoms with Gasteiger partial charge in [0, 0.05) is 18.7 Å². The lowest BCUT2D eigenvalue weighted by molar-refractivity contribution is -0.00553. The number of nitrogens with zero attached hydrogens (tertiary/aromatic N) is 2. The summed E-state index contributed by atoms with van der Waals surface area (Å²) >= 11 is 0. The highest BCUT2D eigenvalue weighted by atomic mass is 28.4. The number of hydrogen-bond acceptors (Lipinski definition) is 6. The molecule has 5 rings (SSSR count). The highest BCUT2D eigenvalue weighted by Crippen LogP contribution is 2.39. The third kappa shape index (κ3) is 5.76. The number of aryl methyl sites for hydroxylation is 2. The third-order valence-corrected chi connectivity index (χ3v) is 13.3. The van der Waals surface area contributed by atoms with E-state index in [4.69, 9.17) is 13.7 Å². The van der Waals surface area contributed by atoms with E-state index in [0.717, 1.165) is 10.4 Å². The number of carbonyl (C=O) groups is 1. The van der Waals surface area contributed by atoms with Crippen molar-refractivity contribution >= 4 is 30.2 Å². The fourth-order valence-corrected chi connectivity index (χ4v) is 11.1. The molecule has 0 N–H and O–H groups in total. The smallest absolute Gasteiger partial charge is 0.261 e. The summed E-state index contributed by atoms with van der Waals surface area (Å²) in [4.78, 5) is 15.5. The van der Waals surface area contributed by atoms with E-state index < -0.39 is 25.7 Å². The third-order valence-electron chi connectivity index (χ3n) is 8.36. The molecule has 44 heavy (non-hydrogen) atoms. The van der Waals surface area contributed by atoms with Crippen molar-refractivity contribution in [1.82, 2.24) is 5.16 Å². The summed E-state index contributed by atoms with van der Waals surface area (Å²) in [7, 11) is -3.05. The fourth-order valence-electron chi connectivity index (χ4n) is 6.54. The Morgan fingerprint density at radius 3 is 1.98 bits per heavy atom. The van der Waals surface area contributed by atoms with Gasteiger partial charge in [0.2, 0.25) is 5.78 Å². The molecule has 0 spiro atoms. The second kappa shape index (κ2) is 12.4. The Bertz CT molecular complexity index is 1570. The number of rotatable bonds is 8. The molecule has 6 nitrogen and oxygen atoms in total. The number of aromatic nitrogens is 1. The molecule has 1 aliphatic heterocycles. The molecule has 9 heteroatoms. The summed E-state index contributed by atoms with van der Waals surface area (Å²) in [5.74, 6) is -2.71. The molecule has 3 aromatic carbocycles. The Morgan fingerprint density at radius 1 is 0.955 bits per heavy atom. The van der Waals surface area contributed by atoms with Gasteiger partial charge in [0.05, 0.1) is 41.3 Å². The molecule has 232 valence electrons.